The number of hydrogen-bond acceptors (Lipinski definition) is 5. The van der Waals surface area contributed by atoms with Gasteiger partial charge < -0.3 is 10.6 Å². The lowest BCUT2D eigenvalue weighted by Crippen LogP contribution is -2.14. The third kappa shape index (κ3) is 4.09. The Hall–Kier alpha value is -3.14. The summed E-state index contributed by atoms with van der Waals surface area (Å²) in [5.41, 5.74) is 1.72. The fraction of sp³-hybridized carbons (Fsp3) is 0. The summed E-state index contributed by atoms with van der Waals surface area (Å²) < 4.78 is 0. The van der Waals surface area contributed by atoms with Gasteiger partial charge in [0.25, 0.3) is 5.91 Å². The van der Waals surface area contributed by atoms with Crippen molar-refractivity contribution >= 4 is 46.3 Å². The number of amides is 1. The van der Waals surface area contributed by atoms with Crippen LogP contribution in [0.5, 0.6) is 0 Å². The molecule has 8 heteroatoms. The van der Waals surface area contributed by atoms with Crippen LogP contribution in [0.25, 0.3) is 0 Å². The van der Waals surface area contributed by atoms with Crippen molar-refractivity contribution in [2.45, 2.75) is 0 Å². The lowest BCUT2D eigenvalue weighted by atomic mass is 10.2. The van der Waals surface area contributed by atoms with Gasteiger partial charge in [-0.2, -0.15) is 5.26 Å². The fourth-order valence-corrected chi connectivity index (χ4v) is 2.61. The van der Waals surface area contributed by atoms with Gasteiger partial charge in [0.05, 0.1) is 27.4 Å². The Morgan fingerprint density at radius 1 is 1.04 bits per heavy atom. The summed E-state index contributed by atoms with van der Waals surface area (Å²) in [5, 5.41) is 15.3. The molecule has 0 spiro atoms. The lowest BCUT2D eigenvalue weighted by Gasteiger charge is -2.10. The van der Waals surface area contributed by atoms with Gasteiger partial charge in [-0.3, -0.25) is 4.79 Å². The van der Waals surface area contributed by atoms with Crippen molar-refractivity contribution in [1.29, 1.82) is 5.26 Å². The van der Waals surface area contributed by atoms with Crippen molar-refractivity contribution in [2.75, 3.05) is 10.6 Å². The molecule has 26 heavy (non-hydrogen) atoms. The first-order chi connectivity index (χ1) is 12.6. The average molecular weight is 384 g/mol. The van der Waals surface area contributed by atoms with E-state index >= 15 is 0 Å². The molecule has 0 radical (unpaired) electrons. The number of hydrogen-bond donors (Lipinski definition) is 2. The van der Waals surface area contributed by atoms with Crippen molar-refractivity contribution in [2.24, 2.45) is 0 Å². The molecule has 0 bridgehead atoms. The first kappa shape index (κ1) is 17.7. The third-order valence-corrected chi connectivity index (χ3v) is 4.02. The van der Waals surface area contributed by atoms with Gasteiger partial charge in [0, 0.05) is 11.8 Å². The van der Waals surface area contributed by atoms with E-state index < -0.39 is 5.91 Å². The monoisotopic (exact) mass is 383 g/mol. The minimum atomic E-state index is -0.412. The number of aromatic nitrogens is 2. The minimum Gasteiger partial charge on any atom is -0.338 e. The standard InChI is InChI=1S/C18H11Cl2N5O/c19-13-2-1-3-14(20)17(13)25-16-8-15(22-10-23-16)18(26)24-12-6-4-11(9-21)5-7-12/h1-8,10H,(H,24,26)(H,22,23,25). The smallest absolute Gasteiger partial charge is 0.274 e. The molecule has 6 nitrogen and oxygen atoms in total. The number of anilines is 3. The molecule has 0 aliphatic heterocycles. The number of carbonyl (C=O) groups is 1. The summed E-state index contributed by atoms with van der Waals surface area (Å²) in [7, 11) is 0. The zero-order valence-electron chi connectivity index (χ0n) is 13.2. The van der Waals surface area contributed by atoms with E-state index in [1.165, 1.54) is 12.4 Å². The Kier molecular flexibility index (Phi) is 5.32. The molecule has 128 valence electrons. The summed E-state index contributed by atoms with van der Waals surface area (Å²) in [6, 6.07) is 15.1. The maximum absolute atomic E-state index is 12.4. The van der Waals surface area contributed by atoms with Crippen LogP contribution in [0.4, 0.5) is 17.2 Å². The summed E-state index contributed by atoms with van der Waals surface area (Å²) in [4.78, 5) is 20.4. The van der Waals surface area contributed by atoms with Crippen molar-refractivity contribution < 1.29 is 4.79 Å². The van der Waals surface area contributed by atoms with E-state index in [9.17, 15) is 4.79 Å². The SMILES string of the molecule is N#Cc1ccc(NC(=O)c2cc(Nc3c(Cl)cccc3Cl)ncn2)cc1. The Morgan fingerprint density at radius 2 is 1.73 bits per heavy atom. The largest absolute Gasteiger partial charge is 0.338 e. The molecule has 0 aliphatic carbocycles. The van der Waals surface area contributed by atoms with E-state index in [1.807, 2.05) is 6.07 Å². The predicted octanol–water partition coefficient (Wildman–Crippen LogP) is 4.65. The highest BCUT2D eigenvalue weighted by atomic mass is 35.5. The molecule has 0 fully saturated rings. The third-order valence-electron chi connectivity index (χ3n) is 3.39. The summed E-state index contributed by atoms with van der Waals surface area (Å²) in [6.07, 6.45) is 1.26. The van der Waals surface area contributed by atoms with Crippen molar-refractivity contribution in [3.05, 3.63) is 76.2 Å². The highest BCUT2D eigenvalue weighted by Crippen LogP contribution is 2.31. The van der Waals surface area contributed by atoms with Crippen LogP contribution in [0.2, 0.25) is 10.0 Å². The van der Waals surface area contributed by atoms with Gasteiger partial charge in [-0.15, -0.1) is 0 Å². The quantitative estimate of drug-likeness (QED) is 0.683. The zero-order valence-corrected chi connectivity index (χ0v) is 14.7. The van der Waals surface area contributed by atoms with Gasteiger partial charge in [-0.25, -0.2) is 9.97 Å². The maximum atomic E-state index is 12.4. The van der Waals surface area contributed by atoms with Gasteiger partial charge in [-0.05, 0) is 36.4 Å². The van der Waals surface area contributed by atoms with Gasteiger partial charge >= 0.3 is 0 Å². The first-order valence-electron chi connectivity index (χ1n) is 7.41. The van der Waals surface area contributed by atoms with Gasteiger partial charge in [0.15, 0.2) is 0 Å². The molecule has 0 saturated heterocycles. The Labute approximate surface area is 159 Å². The van der Waals surface area contributed by atoms with E-state index in [-0.39, 0.29) is 5.69 Å². The average Bonchev–Trinajstić information content (AvgIpc) is 2.66. The first-order valence-corrected chi connectivity index (χ1v) is 8.17. The van der Waals surface area contributed by atoms with E-state index in [4.69, 9.17) is 28.5 Å². The topological polar surface area (TPSA) is 90.7 Å². The van der Waals surface area contributed by atoms with Crippen LogP contribution >= 0.6 is 23.2 Å². The van der Waals surface area contributed by atoms with Gasteiger partial charge in [0.2, 0.25) is 0 Å². The van der Waals surface area contributed by atoms with E-state index in [2.05, 4.69) is 20.6 Å². The highest BCUT2D eigenvalue weighted by molar-refractivity contribution is 6.39. The molecule has 3 aromatic rings. The predicted molar refractivity (Wildman–Crippen MR) is 101 cm³/mol. The number of nitrogens with one attached hydrogen (secondary N) is 2. The number of para-hydroxylation sites is 1. The molecular weight excluding hydrogens is 373 g/mol. The van der Waals surface area contributed by atoms with Crippen LogP contribution in [-0.4, -0.2) is 15.9 Å². The summed E-state index contributed by atoms with van der Waals surface area (Å²) in [6.45, 7) is 0. The normalized spacial score (nSPS) is 10.0. The molecule has 1 amide bonds. The number of rotatable bonds is 4. The lowest BCUT2D eigenvalue weighted by molar-refractivity contribution is 0.102. The second kappa shape index (κ2) is 7.83. The van der Waals surface area contributed by atoms with Crippen LogP contribution < -0.4 is 10.6 Å². The van der Waals surface area contributed by atoms with Gasteiger partial charge in [0.1, 0.15) is 17.8 Å². The van der Waals surface area contributed by atoms with Crippen LogP contribution in [0, 0.1) is 11.3 Å². The molecular formula is C18H11Cl2N5O. The highest BCUT2D eigenvalue weighted by Gasteiger charge is 2.11. The fourth-order valence-electron chi connectivity index (χ4n) is 2.12. The second-order valence-corrected chi connectivity index (χ2v) is 5.97. The Bertz CT molecular complexity index is 979. The van der Waals surface area contributed by atoms with Crippen molar-refractivity contribution in [3.8, 4) is 6.07 Å². The summed E-state index contributed by atoms with van der Waals surface area (Å²) in [5.74, 6) is -0.0367. The minimum absolute atomic E-state index is 0.162. The Morgan fingerprint density at radius 3 is 2.38 bits per heavy atom. The summed E-state index contributed by atoms with van der Waals surface area (Å²) >= 11 is 12.2. The number of nitriles is 1. The number of nitrogens with zero attached hydrogens (tertiary/aromatic N) is 3. The molecule has 0 saturated carbocycles. The van der Waals surface area contributed by atoms with Crippen molar-refractivity contribution in [3.63, 3.8) is 0 Å². The maximum Gasteiger partial charge on any atom is 0.274 e. The molecule has 2 N–H and O–H groups in total. The van der Waals surface area contributed by atoms with E-state index in [0.29, 0.717) is 32.8 Å². The Balaban J connectivity index is 1.78. The molecule has 1 aromatic heterocycles. The number of carbonyl (C=O) groups excluding carboxylic acids is 1. The van der Waals surface area contributed by atoms with Crippen LogP contribution in [0.1, 0.15) is 16.1 Å². The van der Waals surface area contributed by atoms with Crippen LogP contribution in [-0.2, 0) is 0 Å². The number of halogens is 2. The van der Waals surface area contributed by atoms with E-state index in [0.717, 1.165) is 0 Å². The van der Waals surface area contributed by atoms with E-state index in [1.54, 1.807) is 42.5 Å². The van der Waals surface area contributed by atoms with Crippen LogP contribution in [0.15, 0.2) is 54.9 Å². The molecule has 0 atom stereocenters. The zero-order chi connectivity index (χ0) is 18.5. The molecule has 1 heterocycles. The molecule has 3 rings (SSSR count). The molecule has 0 aliphatic rings. The van der Waals surface area contributed by atoms with Crippen molar-refractivity contribution in [1.82, 2.24) is 9.97 Å². The molecule has 2 aromatic carbocycles. The number of benzene rings is 2. The second-order valence-electron chi connectivity index (χ2n) is 5.15. The van der Waals surface area contributed by atoms with Crippen LogP contribution in [0.3, 0.4) is 0 Å². The van der Waals surface area contributed by atoms with Gasteiger partial charge in [-0.1, -0.05) is 29.3 Å². The molecule has 0 unspecified atom stereocenters.